The summed E-state index contributed by atoms with van der Waals surface area (Å²) in [5, 5.41) is 23.2. The number of ether oxygens (including phenoxy) is 1. The van der Waals surface area contributed by atoms with E-state index in [-0.39, 0.29) is 30.2 Å². The maximum Gasteiger partial charge on any atom is 0.340 e. The van der Waals surface area contributed by atoms with E-state index in [1.165, 1.54) is 6.20 Å². The summed E-state index contributed by atoms with van der Waals surface area (Å²) < 4.78 is 21.9. The number of carbonyl (C=O) groups excluding carboxylic acids is 1. The van der Waals surface area contributed by atoms with Crippen LogP contribution in [0.25, 0.3) is 0 Å². The van der Waals surface area contributed by atoms with Crippen molar-refractivity contribution >= 4 is 23.5 Å². The molecule has 3 N–H and O–H groups in total. The van der Waals surface area contributed by atoms with Gasteiger partial charge in [-0.1, -0.05) is 0 Å². The van der Waals surface area contributed by atoms with Crippen LogP contribution >= 0.6 is 11.8 Å². The monoisotopic (exact) mass is 483 g/mol. The molecule has 184 valence electrons. The number of carbonyl (C=O) groups is 2. The van der Waals surface area contributed by atoms with Crippen LogP contribution in [0, 0.1) is 5.92 Å². The Labute approximate surface area is 197 Å². The summed E-state index contributed by atoms with van der Waals surface area (Å²) in [7, 11) is 0. The molecular weight excluding hydrogens is 449 g/mol. The molecule has 0 aromatic carbocycles. The highest BCUT2D eigenvalue weighted by atomic mass is 32.2. The second kappa shape index (κ2) is 9.81. The summed E-state index contributed by atoms with van der Waals surface area (Å²) in [5.41, 5.74) is -0.264. The molecule has 33 heavy (non-hydrogen) atoms. The average molecular weight is 484 g/mol. The summed E-state index contributed by atoms with van der Waals surface area (Å²) in [6.07, 6.45) is 1.44. The van der Waals surface area contributed by atoms with Gasteiger partial charge in [-0.2, -0.15) is 11.8 Å². The molecule has 0 bridgehead atoms. The van der Waals surface area contributed by atoms with Gasteiger partial charge in [0.05, 0.1) is 36.4 Å². The first-order chi connectivity index (χ1) is 15.9. The number of aliphatic hydroxyl groups is 1. The summed E-state index contributed by atoms with van der Waals surface area (Å²) in [4.78, 5) is 29.1. The second-order valence-electron chi connectivity index (χ2n) is 9.97. The van der Waals surface area contributed by atoms with Crippen molar-refractivity contribution in [2.75, 3.05) is 37.7 Å². The first-order valence-electron chi connectivity index (χ1n) is 12.2. The third-order valence-electron chi connectivity index (χ3n) is 8.01. The molecular formula is C23H34FN3O5S. The van der Waals surface area contributed by atoms with E-state index in [0.29, 0.717) is 25.8 Å². The number of carboxylic acids is 1. The minimum Gasteiger partial charge on any atom is -0.478 e. The van der Waals surface area contributed by atoms with Crippen molar-refractivity contribution in [3.8, 4) is 0 Å². The van der Waals surface area contributed by atoms with Crippen molar-refractivity contribution in [2.45, 2.75) is 74.7 Å². The lowest BCUT2D eigenvalue weighted by Crippen LogP contribution is -2.73. The van der Waals surface area contributed by atoms with E-state index in [2.05, 4.69) is 10.2 Å². The van der Waals surface area contributed by atoms with Gasteiger partial charge in [-0.25, -0.2) is 9.18 Å². The van der Waals surface area contributed by atoms with Crippen LogP contribution in [0.3, 0.4) is 0 Å². The summed E-state index contributed by atoms with van der Waals surface area (Å²) >= 11 is 1.98. The number of morpholine rings is 1. The Kier molecular flexibility index (Phi) is 7.00. The Balaban J connectivity index is 1.33. The molecule has 4 fully saturated rings. The molecule has 0 aromatic heterocycles. The zero-order valence-electron chi connectivity index (χ0n) is 18.8. The molecule has 8 nitrogen and oxygen atoms in total. The van der Waals surface area contributed by atoms with Crippen LogP contribution in [0.5, 0.6) is 0 Å². The normalized spacial score (nSPS) is 41.2. The first-order valence-corrected chi connectivity index (χ1v) is 13.4. The number of rotatable bonds is 6. The number of alkyl halides is 1. The van der Waals surface area contributed by atoms with E-state index in [9.17, 15) is 19.8 Å². The van der Waals surface area contributed by atoms with Crippen molar-refractivity contribution in [2.24, 2.45) is 5.92 Å². The van der Waals surface area contributed by atoms with E-state index < -0.39 is 42.1 Å². The summed E-state index contributed by atoms with van der Waals surface area (Å²) in [5.74, 6) is -0.161. The van der Waals surface area contributed by atoms with Gasteiger partial charge in [-0.15, -0.1) is 0 Å². The van der Waals surface area contributed by atoms with Gasteiger partial charge in [0, 0.05) is 43.1 Å². The van der Waals surface area contributed by atoms with Crippen LogP contribution in [0.15, 0.2) is 11.8 Å². The number of aliphatic carboxylic acids is 1. The van der Waals surface area contributed by atoms with Crippen molar-refractivity contribution in [1.29, 1.82) is 0 Å². The van der Waals surface area contributed by atoms with Crippen LogP contribution < -0.4 is 5.32 Å². The van der Waals surface area contributed by atoms with E-state index in [1.54, 1.807) is 0 Å². The third-order valence-corrected chi connectivity index (χ3v) is 8.95. The van der Waals surface area contributed by atoms with E-state index in [4.69, 9.17) is 4.74 Å². The minimum atomic E-state index is -1.30. The largest absolute Gasteiger partial charge is 0.478 e. The number of nitrogens with one attached hydrogen (secondary N) is 1. The molecule has 0 aromatic rings. The second-order valence-corrected chi connectivity index (χ2v) is 11.2. The van der Waals surface area contributed by atoms with E-state index in [1.807, 2.05) is 16.7 Å². The van der Waals surface area contributed by atoms with Gasteiger partial charge in [0.1, 0.15) is 11.7 Å². The van der Waals surface area contributed by atoms with Crippen LogP contribution in [0.4, 0.5) is 4.39 Å². The molecule has 2 aliphatic carbocycles. The highest BCUT2D eigenvalue weighted by Gasteiger charge is 2.58. The van der Waals surface area contributed by atoms with Gasteiger partial charge in [0.25, 0.3) is 0 Å². The Morgan fingerprint density at radius 3 is 2.82 bits per heavy atom. The highest BCUT2D eigenvalue weighted by molar-refractivity contribution is 7.99. The zero-order chi connectivity index (χ0) is 23.1. The van der Waals surface area contributed by atoms with Gasteiger partial charge in [0.15, 0.2) is 5.78 Å². The SMILES string of the molecule is O=C(O)C1=CN2C3CCC(O)CC3OC3C(NCCCN4CCSCC4)C(F)CC(C1=O)C32. The number of thioether (sulfide) groups is 1. The molecule has 0 spiro atoms. The van der Waals surface area contributed by atoms with Crippen LogP contribution in [0.2, 0.25) is 0 Å². The molecule has 8 unspecified atom stereocenters. The molecule has 5 aliphatic rings. The fourth-order valence-corrected chi connectivity index (χ4v) is 7.36. The number of ketones is 1. The number of halogens is 1. The lowest BCUT2D eigenvalue weighted by molar-refractivity contribution is -0.205. The molecule has 2 saturated carbocycles. The number of hydrogen-bond donors (Lipinski definition) is 3. The minimum absolute atomic E-state index is 0.00546. The molecule has 3 heterocycles. The van der Waals surface area contributed by atoms with E-state index in [0.717, 1.165) is 37.6 Å². The number of nitrogens with zero attached hydrogens (tertiary/aromatic N) is 2. The third kappa shape index (κ3) is 4.57. The number of carboxylic acid groups (broad SMARTS) is 1. The van der Waals surface area contributed by atoms with Gasteiger partial charge in [-0.05, 0) is 38.8 Å². The van der Waals surface area contributed by atoms with Crippen LogP contribution in [0.1, 0.15) is 32.1 Å². The molecule has 3 aliphatic heterocycles. The van der Waals surface area contributed by atoms with E-state index >= 15 is 4.39 Å². The van der Waals surface area contributed by atoms with Crippen molar-refractivity contribution in [3.05, 3.63) is 11.8 Å². The van der Waals surface area contributed by atoms with Crippen molar-refractivity contribution in [3.63, 3.8) is 0 Å². The summed E-state index contributed by atoms with van der Waals surface area (Å²) in [6.45, 7) is 3.82. The summed E-state index contributed by atoms with van der Waals surface area (Å²) in [6, 6.07) is -1.03. The van der Waals surface area contributed by atoms with Crippen molar-refractivity contribution < 1.29 is 28.9 Å². The number of fused-ring (bicyclic) bond motifs is 2. The number of Topliss-reactive ketones (excluding diaryl/α,β-unsaturated/α-hetero) is 1. The zero-order valence-corrected chi connectivity index (χ0v) is 19.6. The Hall–Kier alpha value is -1.20. The Morgan fingerprint density at radius 1 is 1.27 bits per heavy atom. The van der Waals surface area contributed by atoms with Gasteiger partial charge >= 0.3 is 5.97 Å². The highest BCUT2D eigenvalue weighted by Crippen LogP contribution is 2.45. The predicted molar refractivity (Wildman–Crippen MR) is 122 cm³/mol. The maximum absolute atomic E-state index is 15.4. The van der Waals surface area contributed by atoms with Crippen LogP contribution in [-0.2, 0) is 14.3 Å². The van der Waals surface area contributed by atoms with Gasteiger partial charge in [0.2, 0.25) is 0 Å². The Morgan fingerprint density at radius 2 is 2.06 bits per heavy atom. The topological polar surface area (TPSA) is 102 Å². The van der Waals surface area contributed by atoms with Gasteiger partial charge in [-0.3, -0.25) is 4.79 Å². The number of hydrogen-bond acceptors (Lipinski definition) is 8. The smallest absolute Gasteiger partial charge is 0.340 e. The standard InChI is InChI=1S/C23H34FN3O5S/c24-16-11-14-20-22(19(16)25-4-1-5-26-6-8-33-9-7-26)32-18-10-13(28)2-3-17(18)27(20)12-15(21(14)29)23(30)31/h12-14,16-20,22,25,28H,1-11H2,(H,30,31). The molecule has 0 radical (unpaired) electrons. The molecule has 0 amide bonds. The molecule has 10 heteroatoms. The average Bonchev–Trinajstić information content (AvgIpc) is 2.80. The van der Waals surface area contributed by atoms with Crippen molar-refractivity contribution in [1.82, 2.24) is 15.1 Å². The molecule has 5 rings (SSSR count). The first kappa shape index (κ1) is 23.5. The fraction of sp³-hybridized carbons (Fsp3) is 0.826. The molecule has 8 atom stereocenters. The van der Waals surface area contributed by atoms with Gasteiger partial charge < -0.3 is 30.1 Å². The Bertz CT molecular complexity index is 794. The maximum atomic E-state index is 15.4. The quantitative estimate of drug-likeness (QED) is 0.371. The number of aliphatic hydroxyl groups excluding tert-OH is 1. The lowest BCUT2D eigenvalue weighted by Gasteiger charge is -2.59. The molecule has 2 saturated heterocycles. The van der Waals surface area contributed by atoms with Crippen LogP contribution in [-0.4, -0.2) is 112 Å². The fourth-order valence-electron chi connectivity index (χ4n) is 6.38. The lowest BCUT2D eigenvalue weighted by atomic mass is 9.69. The predicted octanol–water partition coefficient (Wildman–Crippen LogP) is 0.644.